The number of rotatable bonds is 6. The van der Waals surface area contributed by atoms with Gasteiger partial charge in [-0.1, -0.05) is 13.8 Å². The van der Waals surface area contributed by atoms with E-state index in [1.54, 1.807) is 0 Å². The molecular weight excluding hydrogens is 218 g/mol. The van der Waals surface area contributed by atoms with Crippen LogP contribution < -0.4 is 10.6 Å². The SMILES string of the molecule is CCNC(=O)C1COCCN1CCNC(C)C. The molecule has 1 atom stereocenters. The summed E-state index contributed by atoms with van der Waals surface area (Å²) in [7, 11) is 0. The lowest BCUT2D eigenvalue weighted by atomic mass is 10.2. The molecule has 0 aliphatic carbocycles. The number of amides is 1. The predicted molar refractivity (Wildman–Crippen MR) is 68.0 cm³/mol. The molecule has 0 radical (unpaired) electrons. The van der Waals surface area contributed by atoms with Gasteiger partial charge in [-0.3, -0.25) is 9.69 Å². The Kier molecular flexibility index (Phi) is 6.47. The largest absolute Gasteiger partial charge is 0.378 e. The molecule has 0 saturated carbocycles. The van der Waals surface area contributed by atoms with E-state index in [0.717, 1.165) is 26.2 Å². The van der Waals surface area contributed by atoms with Crippen LogP contribution in [0.4, 0.5) is 0 Å². The Morgan fingerprint density at radius 3 is 2.94 bits per heavy atom. The van der Waals surface area contributed by atoms with Crippen molar-refractivity contribution in [1.82, 2.24) is 15.5 Å². The summed E-state index contributed by atoms with van der Waals surface area (Å²) in [5, 5.41) is 6.23. The van der Waals surface area contributed by atoms with Crippen molar-refractivity contribution in [2.45, 2.75) is 32.9 Å². The first-order chi connectivity index (χ1) is 8.15. The predicted octanol–water partition coefficient (Wildman–Crippen LogP) is -0.179. The highest BCUT2D eigenvalue weighted by molar-refractivity contribution is 5.81. The van der Waals surface area contributed by atoms with Gasteiger partial charge in [0.2, 0.25) is 5.91 Å². The molecule has 1 amide bonds. The molecule has 0 aromatic rings. The smallest absolute Gasteiger partial charge is 0.239 e. The standard InChI is InChI=1S/C12H25N3O2/c1-4-13-12(16)11-9-17-8-7-15(11)6-5-14-10(2)3/h10-11,14H,4-9H2,1-3H3,(H,13,16). The molecule has 1 aliphatic heterocycles. The van der Waals surface area contributed by atoms with E-state index in [0.29, 0.717) is 19.2 Å². The molecule has 2 N–H and O–H groups in total. The Morgan fingerprint density at radius 1 is 1.53 bits per heavy atom. The van der Waals surface area contributed by atoms with E-state index >= 15 is 0 Å². The second-order valence-corrected chi connectivity index (χ2v) is 4.63. The Hall–Kier alpha value is -0.650. The van der Waals surface area contributed by atoms with Crippen molar-refractivity contribution >= 4 is 5.91 Å². The summed E-state index contributed by atoms with van der Waals surface area (Å²) in [6.07, 6.45) is 0. The van der Waals surface area contributed by atoms with E-state index < -0.39 is 0 Å². The lowest BCUT2D eigenvalue weighted by Crippen LogP contribution is -2.55. The van der Waals surface area contributed by atoms with E-state index in [2.05, 4.69) is 29.4 Å². The highest BCUT2D eigenvalue weighted by atomic mass is 16.5. The summed E-state index contributed by atoms with van der Waals surface area (Å²) in [6.45, 7) is 10.7. The Balaban J connectivity index is 2.39. The van der Waals surface area contributed by atoms with Gasteiger partial charge in [-0.15, -0.1) is 0 Å². The quantitative estimate of drug-likeness (QED) is 0.679. The fourth-order valence-electron chi connectivity index (χ4n) is 1.94. The number of likely N-dealkylation sites (N-methyl/N-ethyl adjacent to an activating group) is 1. The third-order valence-corrected chi connectivity index (χ3v) is 2.84. The van der Waals surface area contributed by atoms with Crippen LogP contribution in [-0.4, -0.2) is 62.3 Å². The van der Waals surface area contributed by atoms with Crippen molar-refractivity contribution in [2.24, 2.45) is 0 Å². The second-order valence-electron chi connectivity index (χ2n) is 4.63. The van der Waals surface area contributed by atoms with Gasteiger partial charge in [-0.25, -0.2) is 0 Å². The Labute approximate surface area is 104 Å². The average Bonchev–Trinajstić information content (AvgIpc) is 2.29. The summed E-state index contributed by atoms with van der Waals surface area (Å²) < 4.78 is 5.38. The van der Waals surface area contributed by atoms with Crippen LogP contribution in [0.1, 0.15) is 20.8 Å². The van der Waals surface area contributed by atoms with Crippen LogP contribution >= 0.6 is 0 Å². The van der Waals surface area contributed by atoms with E-state index in [4.69, 9.17) is 4.74 Å². The molecule has 1 rings (SSSR count). The zero-order chi connectivity index (χ0) is 12.7. The van der Waals surface area contributed by atoms with Crippen molar-refractivity contribution in [3.05, 3.63) is 0 Å². The number of nitrogens with one attached hydrogen (secondary N) is 2. The van der Waals surface area contributed by atoms with E-state index in [9.17, 15) is 4.79 Å². The molecule has 5 heteroatoms. The number of nitrogens with zero attached hydrogens (tertiary/aromatic N) is 1. The zero-order valence-corrected chi connectivity index (χ0v) is 11.2. The van der Waals surface area contributed by atoms with Crippen LogP contribution in [0.3, 0.4) is 0 Å². The Morgan fingerprint density at radius 2 is 2.29 bits per heavy atom. The number of carbonyl (C=O) groups excluding carboxylic acids is 1. The van der Waals surface area contributed by atoms with Gasteiger partial charge >= 0.3 is 0 Å². The molecule has 5 nitrogen and oxygen atoms in total. The highest BCUT2D eigenvalue weighted by Crippen LogP contribution is 2.06. The maximum Gasteiger partial charge on any atom is 0.239 e. The molecule has 100 valence electrons. The highest BCUT2D eigenvalue weighted by Gasteiger charge is 2.28. The Bertz CT molecular complexity index is 234. The monoisotopic (exact) mass is 243 g/mol. The summed E-state index contributed by atoms with van der Waals surface area (Å²) in [4.78, 5) is 14.1. The molecule has 1 saturated heterocycles. The summed E-state index contributed by atoms with van der Waals surface area (Å²) >= 11 is 0. The van der Waals surface area contributed by atoms with Gasteiger partial charge < -0.3 is 15.4 Å². The van der Waals surface area contributed by atoms with Crippen LogP contribution in [0.15, 0.2) is 0 Å². The van der Waals surface area contributed by atoms with Gasteiger partial charge in [0.1, 0.15) is 6.04 Å². The summed E-state index contributed by atoms with van der Waals surface area (Å²) in [6, 6.07) is 0.358. The third kappa shape index (κ3) is 5.02. The van der Waals surface area contributed by atoms with E-state index in [1.165, 1.54) is 0 Å². The molecule has 0 bridgehead atoms. The molecule has 1 heterocycles. The molecule has 0 spiro atoms. The van der Waals surface area contributed by atoms with Crippen LogP contribution in [0.25, 0.3) is 0 Å². The van der Waals surface area contributed by atoms with Crippen molar-refractivity contribution in [2.75, 3.05) is 39.4 Å². The average molecular weight is 243 g/mol. The molecule has 17 heavy (non-hydrogen) atoms. The zero-order valence-electron chi connectivity index (χ0n) is 11.2. The molecule has 1 aliphatic rings. The molecule has 0 aromatic carbocycles. The molecular formula is C12H25N3O2. The van der Waals surface area contributed by atoms with Gasteiger partial charge in [0, 0.05) is 32.2 Å². The second kappa shape index (κ2) is 7.63. The lowest BCUT2D eigenvalue weighted by Gasteiger charge is -2.34. The fraction of sp³-hybridized carbons (Fsp3) is 0.917. The molecule has 1 unspecified atom stereocenters. The van der Waals surface area contributed by atoms with Gasteiger partial charge in [0.15, 0.2) is 0 Å². The minimum Gasteiger partial charge on any atom is -0.378 e. The number of carbonyl (C=O) groups is 1. The van der Waals surface area contributed by atoms with Gasteiger partial charge in [0.05, 0.1) is 13.2 Å². The van der Waals surface area contributed by atoms with E-state index in [1.807, 2.05) is 6.92 Å². The maximum atomic E-state index is 11.9. The minimum absolute atomic E-state index is 0.0803. The van der Waals surface area contributed by atoms with Crippen molar-refractivity contribution in [3.8, 4) is 0 Å². The van der Waals surface area contributed by atoms with Gasteiger partial charge in [-0.2, -0.15) is 0 Å². The number of hydrogen-bond donors (Lipinski definition) is 2. The van der Waals surface area contributed by atoms with Crippen molar-refractivity contribution in [1.29, 1.82) is 0 Å². The van der Waals surface area contributed by atoms with Gasteiger partial charge in [-0.05, 0) is 6.92 Å². The first-order valence-corrected chi connectivity index (χ1v) is 6.48. The van der Waals surface area contributed by atoms with E-state index in [-0.39, 0.29) is 11.9 Å². The summed E-state index contributed by atoms with van der Waals surface area (Å²) in [5.74, 6) is 0.0803. The van der Waals surface area contributed by atoms with Gasteiger partial charge in [0.25, 0.3) is 0 Å². The van der Waals surface area contributed by atoms with Crippen LogP contribution in [0.2, 0.25) is 0 Å². The first-order valence-electron chi connectivity index (χ1n) is 6.48. The third-order valence-electron chi connectivity index (χ3n) is 2.84. The fourth-order valence-corrected chi connectivity index (χ4v) is 1.94. The molecule has 0 aromatic heterocycles. The van der Waals surface area contributed by atoms with Crippen LogP contribution in [-0.2, 0) is 9.53 Å². The summed E-state index contributed by atoms with van der Waals surface area (Å²) in [5.41, 5.74) is 0. The van der Waals surface area contributed by atoms with Crippen LogP contribution in [0, 0.1) is 0 Å². The minimum atomic E-state index is -0.127. The first kappa shape index (κ1) is 14.4. The molecule has 1 fully saturated rings. The number of hydrogen-bond acceptors (Lipinski definition) is 4. The topological polar surface area (TPSA) is 53.6 Å². The van der Waals surface area contributed by atoms with Crippen molar-refractivity contribution in [3.63, 3.8) is 0 Å². The van der Waals surface area contributed by atoms with Crippen LogP contribution in [0.5, 0.6) is 0 Å². The number of morpholine rings is 1. The lowest BCUT2D eigenvalue weighted by molar-refractivity contribution is -0.132. The van der Waals surface area contributed by atoms with Crippen molar-refractivity contribution < 1.29 is 9.53 Å². The maximum absolute atomic E-state index is 11.9. The number of ether oxygens (including phenoxy) is 1. The normalized spacial score (nSPS) is 21.8.